The third kappa shape index (κ3) is 38.0. The van der Waals surface area contributed by atoms with Gasteiger partial charge in [-0.2, -0.15) is 0 Å². The lowest BCUT2D eigenvalue weighted by atomic mass is 10.1. The Hall–Kier alpha value is -2.07. The van der Waals surface area contributed by atoms with Gasteiger partial charge in [0, 0.05) is 12.8 Å². The zero-order valence-corrected chi connectivity index (χ0v) is 35.0. The maximum absolute atomic E-state index is 12.6. The molecule has 1 N–H and O–H groups in total. The quantitative estimate of drug-likeness (QED) is 0.0218. The molecule has 0 aliphatic rings. The Kier molecular flexibility index (Phi) is 33.1. The van der Waals surface area contributed by atoms with Crippen molar-refractivity contribution in [2.45, 2.75) is 161 Å². The third-order valence-corrected chi connectivity index (χ3v) is 9.37. The van der Waals surface area contributed by atoms with E-state index in [-0.39, 0.29) is 32.2 Å². The number of carbonyl (C=O) groups excluding carboxylic acids is 2. The van der Waals surface area contributed by atoms with E-state index >= 15 is 0 Å². The molecule has 53 heavy (non-hydrogen) atoms. The number of hydrogen-bond donors (Lipinski definition) is 1. The highest BCUT2D eigenvalue weighted by Gasteiger charge is 2.21. The lowest BCUT2D eigenvalue weighted by molar-refractivity contribution is -0.870. The van der Waals surface area contributed by atoms with Crippen molar-refractivity contribution in [2.24, 2.45) is 0 Å². The number of rotatable bonds is 36. The van der Waals surface area contributed by atoms with Crippen LogP contribution in [0, 0.1) is 0 Å². The fraction of sp³-hybridized carbons (Fsp3) is 0.762. The predicted molar refractivity (Wildman–Crippen MR) is 214 cm³/mol. The Balaban J connectivity index is 4.50. The maximum atomic E-state index is 12.6. The maximum Gasteiger partial charge on any atom is 0.306 e. The molecular weight excluding hydrogens is 693 g/mol. The van der Waals surface area contributed by atoms with Crippen LogP contribution in [0.5, 0.6) is 0 Å². The molecule has 0 aromatic rings. The van der Waals surface area contributed by atoms with Gasteiger partial charge in [-0.25, -0.2) is 0 Å². The van der Waals surface area contributed by atoms with Crippen LogP contribution in [0.25, 0.3) is 0 Å². The monoisotopic (exact) mass is 770 g/mol. The Morgan fingerprint density at radius 1 is 0.679 bits per heavy atom. The number of phosphoric acid groups is 1. The second-order valence-corrected chi connectivity index (χ2v) is 16.2. The largest absolute Gasteiger partial charge is 0.756 e. The lowest BCUT2D eigenvalue weighted by Gasteiger charge is -2.28. The second-order valence-electron chi connectivity index (χ2n) is 14.8. The normalized spacial score (nSPS) is 14.8. The smallest absolute Gasteiger partial charge is 0.306 e. The van der Waals surface area contributed by atoms with Crippen LogP contribution in [-0.4, -0.2) is 81.2 Å². The molecule has 308 valence electrons. The molecule has 0 heterocycles. The van der Waals surface area contributed by atoms with E-state index in [4.69, 9.17) is 18.5 Å². The first-order valence-corrected chi connectivity index (χ1v) is 21.9. The van der Waals surface area contributed by atoms with Crippen LogP contribution in [0.4, 0.5) is 0 Å². The number of nitrogens with zero attached hydrogens (tertiary/aromatic N) is 1. The molecule has 2 unspecified atom stereocenters. The van der Waals surface area contributed by atoms with E-state index < -0.39 is 32.5 Å². The number of carbonyl (C=O) groups is 2. The van der Waals surface area contributed by atoms with Gasteiger partial charge in [-0.3, -0.25) is 14.2 Å². The van der Waals surface area contributed by atoms with E-state index in [1.807, 2.05) is 33.3 Å². The number of unbranched alkanes of at least 4 members (excludes halogenated alkanes) is 11. The van der Waals surface area contributed by atoms with Gasteiger partial charge in [0.1, 0.15) is 19.8 Å². The molecule has 0 aromatic carbocycles. The Morgan fingerprint density at radius 3 is 1.77 bits per heavy atom. The number of allylic oxidation sites excluding steroid dienone is 7. The average Bonchev–Trinajstić information content (AvgIpc) is 3.09. The summed E-state index contributed by atoms with van der Waals surface area (Å²) in [7, 11) is 1.11. The standard InChI is InChI=1S/C42H76NO9P/c1-6-8-9-10-11-12-16-21-24-27-30-34-42(46)52-40(38-51-53(47,48)50-36-35-43(3,4)5)37-49-41(45)33-29-26-23-20-18-15-13-14-17-19-22-25-28-32-39(44)31-7-2/h13,15,17,19-20,23,25,28,39-40,44H,6-12,14,16,18,21-22,24,26-27,29-38H2,1-5H3/b15-13-,19-17-,23-20-,28-25-/t39?,40-/m1/s1. The number of ether oxygens (including phenoxy) is 2. The van der Waals surface area contributed by atoms with Crippen LogP contribution >= 0.6 is 7.82 Å². The summed E-state index contributed by atoms with van der Waals surface area (Å²) in [4.78, 5) is 37.3. The summed E-state index contributed by atoms with van der Waals surface area (Å²) >= 11 is 0. The second kappa shape index (κ2) is 34.4. The number of quaternary nitrogens is 1. The first kappa shape index (κ1) is 50.9. The molecule has 0 bridgehead atoms. The van der Waals surface area contributed by atoms with E-state index in [9.17, 15) is 24.2 Å². The van der Waals surface area contributed by atoms with E-state index in [1.165, 1.54) is 44.9 Å². The summed E-state index contributed by atoms with van der Waals surface area (Å²) < 4.78 is 33.7. The molecular formula is C42H76NO9P. The SMILES string of the molecule is CCCCCCCCCCCCCC(=O)O[C@H](COC(=O)CCC/C=C\C/C=C\C/C=C\C/C=C\CC(O)CCC)COP(=O)([O-])OCC[N+](C)(C)C. The van der Waals surface area contributed by atoms with Crippen molar-refractivity contribution in [1.29, 1.82) is 0 Å². The molecule has 3 atom stereocenters. The van der Waals surface area contributed by atoms with Crippen LogP contribution in [0.15, 0.2) is 48.6 Å². The Morgan fingerprint density at radius 2 is 1.21 bits per heavy atom. The summed E-state index contributed by atoms with van der Waals surface area (Å²) in [5.41, 5.74) is 0. The van der Waals surface area contributed by atoms with Crippen molar-refractivity contribution in [1.82, 2.24) is 0 Å². The van der Waals surface area contributed by atoms with Crippen molar-refractivity contribution < 1.29 is 47.2 Å². The minimum atomic E-state index is -4.64. The number of hydrogen-bond acceptors (Lipinski definition) is 9. The lowest BCUT2D eigenvalue weighted by Crippen LogP contribution is -2.37. The first-order valence-electron chi connectivity index (χ1n) is 20.4. The number of aliphatic hydroxyl groups is 1. The summed E-state index contributed by atoms with van der Waals surface area (Å²) in [6, 6.07) is 0. The zero-order valence-electron chi connectivity index (χ0n) is 34.1. The number of likely N-dealkylation sites (N-methyl/N-ethyl adjacent to an activating group) is 1. The molecule has 0 radical (unpaired) electrons. The summed E-state index contributed by atoms with van der Waals surface area (Å²) in [5, 5.41) is 9.72. The fourth-order valence-electron chi connectivity index (χ4n) is 5.19. The van der Waals surface area contributed by atoms with Crippen LogP contribution < -0.4 is 4.89 Å². The number of phosphoric ester groups is 1. The molecule has 0 saturated heterocycles. The van der Waals surface area contributed by atoms with Crippen molar-refractivity contribution in [3.05, 3.63) is 48.6 Å². The van der Waals surface area contributed by atoms with E-state index in [2.05, 4.69) is 50.3 Å². The number of esters is 2. The fourth-order valence-corrected chi connectivity index (χ4v) is 5.92. The molecule has 0 rings (SSSR count). The minimum absolute atomic E-state index is 0.0461. The van der Waals surface area contributed by atoms with Crippen molar-refractivity contribution >= 4 is 19.8 Å². The summed E-state index contributed by atoms with van der Waals surface area (Å²) in [5.74, 6) is -0.924. The van der Waals surface area contributed by atoms with E-state index in [0.717, 1.165) is 51.4 Å². The summed E-state index contributed by atoms with van der Waals surface area (Å²) in [6.45, 7) is 3.92. The van der Waals surface area contributed by atoms with Crippen LogP contribution in [0.1, 0.15) is 149 Å². The summed E-state index contributed by atoms with van der Waals surface area (Å²) in [6.07, 6.45) is 34.9. The van der Waals surface area contributed by atoms with Crippen molar-refractivity contribution in [2.75, 3.05) is 47.5 Å². The average molecular weight is 770 g/mol. The van der Waals surface area contributed by atoms with Gasteiger partial charge in [-0.05, 0) is 51.4 Å². The molecule has 0 spiro atoms. The van der Waals surface area contributed by atoms with Crippen molar-refractivity contribution in [3.8, 4) is 0 Å². The molecule has 0 aliphatic carbocycles. The Bertz CT molecular complexity index is 1070. The van der Waals surface area contributed by atoms with E-state index in [0.29, 0.717) is 36.7 Å². The predicted octanol–water partition coefficient (Wildman–Crippen LogP) is 9.47. The Labute approximate surface area is 323 Å². The highest BCUT2D eigenvalue weighted by Crippen LogP contribution is 2.38. The number of aliphatic hydroxyl groups excluding tert-OH is 1. The molecule has 0 saturated carbocycles. The van der Waals surface area contributed by atoms with Gasteiger partial charge in [0.15, 0.2) is 6.10 Å². The van der Waals surface area contributed by atoms with Gasteiger partial charge in [-0.15, -0.1) is 0 Å². The molecule has 10 nitrogen and oxygen atoms in total. The van der Waals surface area contributed by atoms with Crippen LogP contribution in [-0.2, 0) is 32.7 Å². The van der Waals surface area contributed by atoms with Crippen LogP contribution in [0.2, 0.25) is 0 Å². The first-order chi connectivity index (χ1) is 25.4. The molecule has 0 fully saturated rings. The zero-order chi connectivity index (χ0) is 39.5. The van der Waals surface area contributed by atoms with Gasteiger partial charge >= 0.3 is 11.9 Å². The van der Waals surface area contributed by atoms with Gasteiger partial charge in [-0.1, -0.05) is 133 Å². The molecule has 0 aliphatic heterocycles. The minimum Gasteiger partial charge on any atom is -0.756 e. The van der Waals surface area contributed by atoms with Gasteiger partial charge in [0.05, 0.1) is 33.9 Å². The third-order valence-electron chi connectivity index (χ3n) is 8.41. The van der Waals surface area contributed by atoms with Gasteiger partial charge in [0.25, 0.3) is 7.82 Å². The van der Waals surface area contributed by atoms with Crippen LogP contribution in [0.3, 0.4) is 0 Å². The molecule has 0 amide bonds. The molecule has 11 heteroatoms. The van der Waals surface area contributed by atoms with Gasteiger partial charge < -0.3 is 33.0 Å². The van der Waals surface area contributed by atoms with Crippen molar-refractivity contribution in [3.63, 3.8) is 0 Å². The topological polar surface area (TPSA) is 131 Å². The highest BCUT2D eigenvalue weighted by atomic mass is 31.2. The molecule has 0 aromatic heterocycles. The van der Waals surface area contributed by atoms with E-state index in [1.54, 1.807) is 0 Å². The highest BCUT2D eigenvalue weighted by molar-refractivity contribution is 7.45. The van der Waals surface area contributed by atoms with Gasteiger partial charge in [0.2, 0.25) is 0 Å².